The Balaban J connectivity index is 2.51. The standard InChI is InChI=1S/C16H21N5O6/c1-9-10(17-12(22)14(24)25)18-16(20(2)13(23)15(26)27)19-11(9)21-7-5-3-4-6-8-21/h3-8H2,1-2H3,(H,24,25)(H,26,27)(H,17,18,19,22). The van der Waals surface area contributed by atoms with E-state index >= 15 is 0 Å². The van der Waals surface area contributed by atoms with Crippen molar-refractivity contribution < 1.29 is 29.4 Å². The van der Waals surface area contributed by atoms with Crippen LogP contribution in [0.4, 0.5) is 17.6 Å². The molecule has 27 heavy (non-hydrogen) atoms. The first-order chi connectivity index (χ1) is 12.7. The van der Waals surface area contributed by atoms with Crippen LogP contribution in [0.15, 0.2) is 0 Å². The molecule has 1 aliphatic heterocycles. The molecule has 11 nitrogen and oxygen atoms in total. The average Bonchev–Trinajstić information content (AvgIpc) is 2.91. The molecule has 0 aromatic carbocycles. The van der Waals surface area contributed by atoms with Crippen LogP contribution < -0.4 is 15.1 Å². The third-order valence-electron chi connectivity index (χ3n) is 4.23. The number of likely N-dealkylation sites (N-methyl/N-ethyl adjacent to an activating group) is 1. The molecule has 0 unspecified atom stereocenters. The zero-order chi connectivity index (χ0) is 20.1. The number of nitrogens with one attached hydrogen (secondary N) is 1. The summed E-state index contributed by atoms with van der Waals surface area (Å²) in [5.41, 5.74) is 0.437. The summed E-state index contributed by atoms with van der Waals surface area (Å²) >= 11 is 0. The SMILES string of the molecule is Cc1c(NC(=O)C(=O)O)nc(N(C)C(=O)C(=O)O)nc1N1CCCCCC1. The molecule has 0 aliphatic carbocycles. The number of carboxylic acids is 2. The molecule has 0 bridgehead atoms. The van der Waals surface area contributed by atoms with Gasteiger partial charge in [-0.1, -0.05) is 12.8 Å². The molecule has 0 saturated carbocycles. The van der Waals surface area contributed by atoms with Crippen LogP contribution in [0, 0.1) is 6.92 Å². The summed E-state index contributed by atoms with van der Waals surface area (Å²) in [6.07, 6.45) is 3.99. The molecular formula is C16H21N5O6. The van der Waals surface area contributed by atoms with E-state index in [4.69, 9.17) is 10.2 Å². The van der Waals surface area contributed by atoms with Crippen molar-refractivity contribution in [1.29, 1.82) is 0 Å². The van der Waals surface area contributed by atoms with E-state index in [0.717, 1.165) is 30.6 Å². The highest BCUT2D eigenvalue weighted by atomic mass is 16.4. The molecule has 0 atom stereocenters. The van der Waals surface area contributed by atoms with Crippen molar-refractivity contribution in [1.82, 2.24) is 9.97 Å². The Kier molecular flexibility index (Phi) is 6.27. The molecule has 2 rings (SSSR count). The second kappa shape index (κ2) is 8.43. The van der Waals surface area contributed by atoms with Crippen LogP contribution in [0.25, 0.3) is 0 Å². The van der Waals surface area contributed by atoms with Crippen LogP contribution in [-0.4, -0.2) is 64.1 Å². The number of amides is 2. The van der Waals surface area contributed by atoms with Gasteiger partial charge in [0.1, 0.15) is 11.6 Å². The normalized spacial score (nSPS) is 14.2. The number of hydrogen-bond donors (Lipinski definition) is 3. The summed E-state index contributed by atoms with van der Waals surface area (Å²) in [4.78, 5) is 56.1. The van der Waals surface area contributed by atoms with Crippen LogP contribution in [0.5, 0.6) is 0 Å². The Morgan fingerprint density at radius 3 is 2.11 bits per heavy atom. The highest BCUT2D eigenvalue weighted by Crippen LogP contribution is 2.28. The van der Waals surface area contributed by atoms with E-state index < -0.39 is 23.8 Å². The molecule has 1 aromatic heterocycles. The number of hydrogen-bond acceptors (Lipinski definition) is 7. The summed E-state index contributed by atoms with van der Waals surface area (Å²) in [7, 11) is 1.19. The number of carbonyl (C=O) groups excluding carboxylic acids is 2. The molecule has 2 amide bonds. The van der Waals surface area contributed by atoms with E-state index in [9.17, 15) is 19.2 Å². The summed E-state index contributed by atoms with van der Waals surface area (Å²) in [6, 6.07) is 0. The van der Waals surface area contributed by atoms with Gasteiger partial charge in [-0.15, -0.1) is 0 Å². The van der Waals surface area contributed by atoms with Crippen molar-refractivity contribution in [3.8, 4) is 0 Å². The number of aliphatic carboxylic acids is 2. The lowest BCUT2D eigenvalue weighted by atomic mass is 10.2. The van der Waals surface area contributed by atoms with Gasteiger partial charge in [0.05, 0.1) is 0 Å². The van der Waals surface area contributed by atoms with E-state index in [1.807, 2.05) is 4.90 Å². The van der Waals surface area contributed by atoms with E-state index in [2.05, 4.69) is 15.3 Å². The van der Waals surface area contributed by atoms with Crippen molar-refractivity contribution in [2.75, 3.05) is 35.3 Å². The first-order valence-corrected chi connectivity index (χ1v) is 8.41. The summed E-state index contributed by atoms with van der Waals surface area (Å²) in [6.45, 7) is 3.01. The predicted octanol–water partition coefficient (Wildman–Crippen LogP) is 0.236. The van der Waals surface area contributed by atoms with Crippen molar-refractivity contribution in [2.24, 2.45) is 0 Å². The number of anilines is 3. The van der Waals surface area contributed by atoms with Gasteiger partial charge in [0, 0.05) is 25.7 Å². The van der Waals surface area contributed by atoms with E-state index in [0.29, 0.717) is 24.5 Å². The smallest absolute Gasteiger partial charge is 0.395 e. The molecule has 1 fully saturated rings. The third-order valence-corrected chi connectivity index (χ3v) is 4.23. The van der Waals surface area contributed by atoms with E-state index in [1.165, 1.54) is 7.05 Å². The minimum atomic E-state index is -1.69. The van der Waals surface area contributed by atoms with Gasteiger partial charge in [0.15, 0.2) is 0 Å². The zero-order valence-corrected chi connectivity index (χ0v) is 15.1. The van der Waals surface area contributed by atoms with Crippen molar-refractivity contribution in [2.45, 2.75) is 32.6 Å². The lowest BCUT2D eigenvalue weighted by molar-refractivity contribution is -0.148. The maximum Gasteiger partial charge on any atom is 0.395 e. The summed E-state index contributed by atoms with van der Waals surface area (Å²) in [5, 5.41) is 19.9. The van der Waals surface area contributed by atoms with Crippen molar-refractivity contribution in [3.63, 3.8) is 0 Å². The summed E-state index contributed by atoms with van der Waals surface area (Å²) < 4.78 is 0. The number of carbonyl (C=O) groups is 4. The van der Waals surface area contributed by atoms with Crippen LogP contribution in [-0.2, 0) is 19.2 Å². The van der Waals surface area contributed by atoms with Crippen LogP contribution >= 0.6 is 0 Å². The average molecular weight is 379 g/mol. The minimum Gasteiger partial charge on any atom is -0.474 e. The van der Waals surface area contributed by atoms with Gasteiger partial charge in [-0.2, -0.15) is 9.97 Å². The van der Waals surface area contributed by atoms with Gasteiger partial charge >= 0.3 is 23.8 Å². The number of nitrogens with zero attached hydrogens (tertiary/aromatic N) is 4. The Labute approximate surface area is 155 Å². The molecule has 1 aromatic rings. The van der Waals surface area contributed by atoms with Gasteiger partial charge < -0.3 is 20.4 Å². The molecule has 146 valence electrons. The Hall–Kier alpha value is -3.24. The maximum atomic E-state index is 11.8. The fourth-order valence-electron chi connectivity index (χ4n) is 2.75. The fraction of sp³-hybridized carbons (Fsp3) is 0.500. The van der Waals surface area contributed by atoms with Gasteiger partial charge in [-0.3, -0.25) is 14.5 Å². The van der Waals surface area contributed by atoms with Gasteiger partial charge in [-0.05, 0) is 19.8 Å². The van der Waals surface area contributed by atoms with E-state index in [-0.39, 0.29) is 11.8 Å². The first-order valence-electron chi connectivity index (χ1n) is 8.41. The van der Waals surface area contributed by atoms with Gasteiger partial charge in [0.25, 0.3) is 0 Å². The van der Waals surface area contributed by atoms with Crippen LogP contribution in [0.2, 0.25) is 0 Å². The second-order valence-corrected chi connectivity index (χ2v) is 6.15. The van der Waals surface area contributed by atoms with Crippen molar-refractivity contribution >= 4 is 41.3 Å². The Bertz CT molecular complexity index is 773. The van der Waals surface area contributed by atoms with Crippen LogP contribution in [0.3, 0.4) is 0 Å². The largest absolute Gasteiger partial charge is 0.474 e. The van der Waals surface area contributed by atoms with Crippen LogP contribution in [0.1, 0.15) is 31.2 Å². The zero-order valence-electron chi connectivity index (χ0n) is 15.1. The highest BCUT2D eigenvalue weighted by Gasteiger charge is 2.26. The molecular weight excluding hydrogens is 358 g/mol. The molecule has 1 aliphatic rings. The molecule has 2 heterocycles. The topological polar surface area (TPSA) is 153 Å². The monoisotopic (exact) mass is 379 g/mol. The quantitative estimate of drug-likeness (QED) is 0.626. The molecule has 0 spiro atoms. The maximum absolute atomic E-state index is 11.8. The third kappa shape index (κ3) is 4.68. The lowest BCUT2D eigenvalue weighted by Crippen LogP contribution is -2.35. The molecule has 0 radical (unpaired) electrons. The van der Waals surface area contributed by atoms with Crippen molar-refractivity contribution in [3.05, 3.63) is 5.56 Å². The minimum absolute atomic E-state index is 0.0864. The molecule has 11 heteroatoms. The lowest BCUT2D eigenvalue weighted by Gasteiger charge is -2.26. The Morgan fingerprint density at radius 2 is 1.59 bits per heavy atom. The van der Waals surface area contributed by atoms with Gasteiger partial charge in [0.2, 0.25) is 5.95 Å². The summed E-state index contributed by atoms with van der Waals surface area (Å²) in [5.74, 6) is -5.83. The van der Waals surface area contributed by atoms with Gasteiger partial charge in [-0.25, -0.2) is 9.59 Å². The molecule has 3 N–H and O–H groups in total. The van der Waals surface area contributed by atoms with E-state index in [1.54, 1.807) is 6.92 Å². The number of aromatic nitrogens is 2. The second-order valence-electron chi connectivity index (χ2n) is 6.15. The predicted molar refractivity (Wildman–Crippen MR) is 94.8 cm³/mol. The number of carboxylic acid groups (broad SMARTS) is 2. The fourth-order valence-corrected chi connectivity index (χ4v) is 2.75. The highest BCUT2D eigenvalue weighted by molar-refractivity contribution is 6.37. The first kappa shape index (κ1) is 20.1. The Morgan fingerprint density at radius 1 is 1.00 bits per heavy atom. The number of rotatable bonds is 3. The molecule has 1 saturated heterocycles.